The molecule has 1 aromatic rings. The van der Waals surface area contributed by atoms with E-state index in [1.54, 1.807) is 4.90 Å². The molecule has 0 aromatic heterocycles. The first-order valence-electron chi connectivity index (χ1n) is 8.47. The minimum Gasteiger partial charge on any atom is -0.328 e. The first kappa shape index (κ1) is 16.0. The molecule has 124 valence electrons. The lowest BCUT2D eigenvalue weighted by Gasteiger charge is -2.26. The van der Waals surface area contributed by atoms with Crippen LogP contribution in [0.3, 0.4) is 0 Å². The van der Waals surface area contributed by atoms with Crippen molar-refractivity contribution in [1.29, 1.82) is 0 Å². The third-order valence-corrected chi connectivity index (χ3v) is 4.76. The molecule has 2 amide bonds. The van der Waals surface area contributed by atoms with E-state index in [-0.39, 0.29) is 11.8 Å². The van der Waals surface area contributed by atoms with E-state index < -0.39 is 0 Å². The highest BCUT2D eigenvalue weighted by molar-refractivity contribution is 5.96. The summed E-state index contributed by atoms with van der Waals surface area (Å²) in [5, 5.41) is 2.96. The number of piperazine rings is 1. The molecule has 0 unspecified atom stereocenters. The van der Waals surface area contributed by atoms with Crippen LogP contribution in [0.4, 0.5) is 11.4 Å². The summed E-state index contributed by atoms with van der Waals surface area (Å²) >= 11 is 0. The second-order valence-corrected chi connectivity index (χ2v) is 6.63. The van der Waals surface area contributed by atoms with E-state index >= 15 is 0 Å². The van der Waals surface area contributed by atoms with Crippen molar-refractivity contribution in [3.05, 3.63) is 24.3 Å². The highest BCUT2D eigenvalue weighted by Gasteiger charge is 2.23. The Morgan fingerprint density at radius 1 is 1.17 bits per heavy atom. The number of likely N-dealkylation sites (N-methyl/N-ethyl adjacent to an activating group) is 1. The molecule has 0 saturated carbocycles. The number of nitrogens with zero attached hydrogens (tertiary/aromatic N) is 1. The van der Waals surface area contributed by atoms with Crippen molar-refractivity contribution >= 4 is 23.2 Å². The molecule has 0 aliphatic carbocycles. The Balaban J connectivity index is 1.51. The van der Waals surface area contributed by atoms with Crippen LogP contribution < -0.4 is 20.0 Å². The fourth-order valence-electron chi connectivity index (χ4n) is 3.29. The van der Waals surface area contributed by atoms with Gasteiger partial charge in [0.2, 0.25) is 5.91 Å². The molecule has 3 N–H and O–H groups in total. The van der Waals surface area contributed by atoms with Gasteiger partial charge in [-0.15, -0.1) is 0 Å². The normalized spacial score (nSPS) is 24.7. The average Bonchev–Trinajstić information content (AvgIpc) is 2.96. The van der Waals surface area contributed by atoms with E-state index in [1.807, 2.05) is 29.2 Å². The third kappa shape index (κ3) is 4.09. The fraction of sp³-hybridized carbons (Fsp3) is 0.529. The topological polar surface area (TPSA) is 58.3 Å². The van der Waals surface area contributed by atoms with E-state index in [1.165, 1.54) is 4.90 Å². The van der Waals surface area contributed by atoms with Gasteiger partial charge in [-0.3, -0.25) is 9.59 Å². The first-order valence-corrected chi connectivity index (χ1v) is 8.47. The molecule has 6 nitrogen and oxygen atoms in total. The largest absolute Gasteiger partial charge is 0.328 e. The smallest absolute Gasteiger partial charge is 0.279 e. The van der Waals surface area contributed by atoms with Gasteiger partial charge in [0.25, 0.3) is 5.91 Å². The summed E-state index contributed by atoms with van der Waals surface area (Å²) in [5.74, 6) is 0.243. The lowest BCUT2D eigenvalue weighted by atomic mass is 10.2. The number of nitrogens with one attached hydrogen (secondary N) is 3. The number of hydrogen-bond acceptors (Lipinski definition) is 2. The van der Waals surface area contributed by atoms with Crippen LogP contribution in [0.1, 0.15) is 12.8 Å². The molecule has 6 heteroatoms. The zero-order chi connectivity index (χ0) is 16.2. The van der Waals surface area contributed by atoms with E-state index in [9.17, 15) is 9.59 Å². The molecule has 0 bridgehead atoms. The molecule has 2 saturated heterocycles. The summed E-state index contributed by atoms with van der Waals surface area (Å²) in [7, 11) is 2.20. The van der Waals surface area contributed by atoms with E-state index in [0.717, 1.165) is 50.5 Å². The van der Waals surface area contributed by atoms with Gasteiger partial charge in [0.05, 0.1) is 7.05 Å². The van der Waals surface area contributed by atoms with Crippen molar-refractivity contribution in [2.45, 2.75) is 12.8 Å². The minimum absolute atomic E-state index is 0.0598. The molecule has 2 aliphatic rings. The maximum Gasteiger partial charge on any atom is 0.279 e. The second kappa shape index (κ2) is 7.10. The van der Waals surface area contributed by atoms with Gasteiger partial charge < -0.3 is 20.0 Å². The Morgan fingerprint density at radius 2 is 1.87 bits per heavy atom. The molecule has 1 aromatic carbocycles. The van der Waals surface area contributed by atoms with Gasteiger partial charge in [-0.05, 0) is 30.7 Å². The molecule has 23 heavy (non-hydrogen) atoms. The molecule has 3 rings (SSSR count). The van der Waals surface area contributed by atoms with Crippen LogP contribution in [0, 0.1) is 0 Å². The average molecular weight is 318 g/mol. The van der Waals surface area contributed by atoms with Crippen LogP contribution in [0.15, 0.2) is 24.3 Å². The number of anilines is 2. The van der Waals surface area contributed by atoms with Gasteiger partial charge in [0.15, 0.2) is 6.54 Å². The van der Waals surface area contributed by atoms with Gasteiger partial charge in [-0.1, -0.05) is 0 Å². The van der Waals surface area contributed by atoms with Gasteiger partial charge in [0, 0.05) is 24.3 Å². The number of carbonyl (C=O) groups excluding carboxylic acids is 2. The Labute approximate surface area is 137 Å². The lowest BCUT2D eigenvalue weighted by Crippen LogP contribution is -3.27. The van der Waals surface area contributed by atoms with Crippen LogP contribution in [-0.4, -0.2) is 58.1 Å². The standard InChI is InChI=1S/C17H24N4O2/c1-19-9-11-20(12-10-19)13-16(22)18-14-4-6-15(7-5-14)21-8-2-3-17(21)23/h4-7H,2-3,8-13H2,1H3,(H,18,22)/p+2. The maximum atomic E-state index is 12.2. The Morgan fingerprint density at radius 3 is 2.48 bits per heavy atom. The summed E-state index contributed by atoms with van der Waals surface area (Å²) in [4.78, 5) is 28.6. The number of benzene rings is 1. The zero-order valence-corrected chi connectivity index (χ0v) is 13.7. The predicted molar refractivity (Wildman–Crippen MR) is 88.8 cm³/mol. The highest BCUT2D eigenvalue weighted by atomic mass is 16.2. The van der Waals surface area contributed by atoms with Crippen LogP contribution in [-0.2, 0) is 9.59 Å². The predicted octanol–water partition coefficient (Wildman–Crippen LogP) is -1.83. The van der Waals surface area contributed by atoms with Gasteiger partial charge >= 0.3 is 0 Å². The molecule has 0 radical (unpaired) electrons. The maximum absolute atomic E-state index is 12.2. The number of amides is 2. The van der Waals surface area contributed by atoms with Crippen molar-refractivity contribution in [3.8, 4) is 0 Å². The summed E-state index contributed by atoms with van der Waals surface area (Å²) in [6.45, 7) is 5.67. The van der Waals surface area contributed by atoms with Gasteiger partial charge in [-0.2, -0.15) is 0 Å². The van der Waals surface area contributed by atoms with Crippen LogP contribution in [0.5, 0.6) is 0 Å². The number of rotatable bonds is 4. The molecular weight excluding hydrogens is 292 g/mol. The van der Waals surface area contributed by atoms with Gasteiger partial charge in [0.1, 0.15) is 26.2 Å². The van der Waals surface area contributed by atoms with Gasteiger partial charge in [-0.25, -0.2) is 0 Å². The summed E-state index contributed by atoms with van der Waals surface area (Å²) in [6.07, 6.45) is 1.56. The molecular formula is C17H26N4O2+2. The van der Waals surface area contributed by atoms with E-state index in [4.69, 9.17) is 0 Å². The fourth-order valence-corrected chi connectivity index (χ4v) is 3.29. The van der Waals surface area contributed by atoms with Crippen molar-refractivity contribution in [2.24, 2.45) is 0 Å². The van der Waals surface area contributed by atoms with Crippen LogP contribution >= 0.6 is 0 Å². The summed E-state index contributed by atoms with van der Waals surface area (Å²) < 4.78 is 0. The quantitative estimate of drug-likeness (QED) is 0.611. The molecule has 2 fully saturated rings. The molecule has 0 spiro atoms. The number of carbonyl (C=O) groups is 2. The molecule has 0 atom stereocenters. The van der Waals surface area contributed by atoms with Crippen molar-refractivity contribution < 1.29 is 19.4 Å². The lowest BCUT2D eigenvalue weighted by molar-refractivity contribution is -0.999. The Kier molecular flexibility index (Phi) is 4.93. The minimum atomic E-state index is 0.0598. The summed E-state index contributed by atoms with van der Waals surface area (Å²) in [6, 6.07) is 7.57. The zero-order valence-electron chi connectivity index (χ0n) is 13.7. The van der Waals surface area contributed by atoms with Crippen LogP contribution in [0.25, 0.3) is 0 Å². The molecule has 2 aliphatic heterocycles. The van der Waals surface area contributed by atoms with E-state index in [0.29, 0.717) is 13.0 Å². The molecule has 2 heterocycles. The number of hydrogen-bond donors (Lipinski definition) is 3. The summed E-state index contributed by atoms with van der Waals surface area (Å²) in [5.41, 5.74) is 1.71. The first-order chi connectivity index (χ1) is 11.1. The SMILES string of the molecule is C[NH+]1CC[NH+](CC(=O)Nc2ccc(N3CCCC3=O)cc2)CC1. The number of quaternary nitrogens is 2. The van der Waals surface area contributed by atoms with Crippen molar-refractivity contribution in [1.82, 2.24) is 0 Å². The Bertz CT molecular complexity index is 564. The van der Waals surface area contributed by atoms with E-state index in [2.05, 4.69) is 12.4 Å². The Hall–Kier alpha value is -1.92. The van der Waals surface area contributed by atoms with Crippen molar-refractivity contribution in [2.75, 3.05) is 56.5 Å². The van der Waals surface area contributed by atoms with Crippen molar-refractivity contribution in [3.63, 3.8) is 0 Å². The van der Waals surface area contributed by atoms with Crippen LogP contribution in [0.2, 0.25) is 0 Å². The third-order valence-electron chi connectivity index (χ3n) is 4.76. The second-order valence-electron chi connectivity index (χ2n) is 6.63. The monoisotopic (exact) mass is 318 g/mol. The highest BCUT2D eigenvalue weighted by Crippen LogP contribution is 2.22.